The topological polar surface area (TPSA) is 92.7 Å². The van der Waals surface area contributed by atoms with E-state index < -0.39 is 26.1 Å². The molecule has 0 aromatic rings. The van der Waals surface area contributed by atoms with Crippen LogP contribution in [0.2, 0.25) is 0 Å². The Morgan fingerprint density at radius 2 is 1.44 bits per heavy atom. The van der Waals surface area contributed by atoms with Gasteiger partial charge in [-0.3, -0.25) is 9.05 Å². The van der Waals surface area contributed by atoms with E-state index in [0.29, 0.717) is 0 Å². The fraction of sp³-hybridized carbons (Fsp3) is 1.00. The molecule has 2 rings (SSSR count). The van der Waals surface area contributed by atoms with Gasteiger partial charge in [-0.2, -0.15) is 0 Å². The molecule has 0 radical (unpaired) electrons. The van der Waals surface area contributed by atoms with E-state index in [1.54, 1.807) is 14.2 Å². The molecule has 9 atom stereocenters. The minimum absolute atomic E-state index is 0.00673. The van der Waals surface area contributed by atoms with Crippen molar-refractivity contribution in [2.45, 2.75) is 64.3 Å². The highest BCUT2D eigenvalue weighted by Crippen LogP contribution is 2.49. The van der Waals surface area contributed by atoms with Crippen LogP contribution in [0.1, 0.15) is 27.7 Å². The van der Waals surface area contributed by atoms with Crippen molar-refractivity contribution in [3.05, 3.63) is 0 Å². The molecule has 2 heterocycles. The van der Waals surface area contributed by atoms with Gasteiger partial charge in [0.25, 0.3) is 0 Å². The molecule has 2 saturated heterocycles. The normalized spacial score (nSPS) is 44.1. The first-order chi connectivity index (χ1) is 11.7. The van der Waals surface area contributed by atoms with E-state index in [4.69, 9.17) is 28.0 Å². The summed E-state index contributed by atoms with van der Waals surface area (Å²) in [7, 11) is -1.12. The minimum atomic E-state index is -4.27. The number of methoxy groups -OCH3 is 2. The Morgan fingerprint density at radius 3 is 1.96 bits per heavy atom. The predicted molar refractivity (Wildman–Crippen MR) is 90.3 cm³/mol. The summed E-state index contributed by atoms with van der Waals surface area (Å²) >= 11 is 0. The van der Waals surface area contributed by atoms with Gasteiger partial charge in [0.2, 0.25) is 0 Å². The molecule has 2 aliphatic heterocycles. The Hall–Kier alpha value is -0.0500. The molecule has 25 heavy (non-hydrogen) atoms. The monoisotopic (exact) mass is 382 g/mol. The molecule has 9 heteroatoms. The van der Waals surface area contributed by atoms with E-state index in [2.05, 4.69) is 0 Å². The standard InChI is InChI=1S/C16H31O8P/c1-9-11(3)23-14(15(9)20-6)8-21-25(17,18)24-16-10(2)12(4)22-13(16)7-19-5/h9-16H,7-8H2,1-6H3,(H,17,18)/t9-,10-,11+,12+,13-,14-,15?,16?/m1/s1. The molecule has 8 nitrogen and oxygen atoms in total. The predicted octanol–water partition coefficient (Wildman–Crippen LogP) is 2.00. The fourth-order valence-electron chi connectivity index (χ4n) is 3.48. The third-order valence-electron chi connectivity index (χ3n) is 5.29. The molecule has 0 aromatic carbocycles. The quantitative estimate of drug-likeness (QED) is 0.637. The van der Waals surface area contributed by atoms with Crippen molar-refractivity contribution in [1.82, 2.24) is 0 Å². The maximum absolute atomic E-state index is 12.4. The second-order valence-electron chi connectivity index (χ2n) is 6.97. The first-order valence-corrected chi connectivity index (χ1v) is 10.2. The zero-order valence-corrected chi connectivity index (χ0v) is 16.7. The van der Waals surface area contributed by atoms with Gasteiger partial charge in [-0.15, -0.1) is 0 Å². The number of rotatable bonds is 8. The number of hydrogen-bond donors (Lipinski definition) is 1. The maximum atomic E-state index is 12.4. The van der Waals surface area contributed by atoms with Crippen LogP contribution in [0.15, 0.2) is 0 Å². The Kier molecular flexibility index (Phi) is 7.45. The van der Waals surface area contributed by atoms with Crippen molar-refractivity contribution in [1.29, 1.82) is 0 Å². The molecule has 0 spiro atoms. The van der Waals surface area contributed by atoms with Gasteiger partial charge in [-0.25, -0.2) is 4.57 Å². The van der Waals surface area contributed by atoms with E-state index in [1.807, 2.05) is 27.7 Å². The lowest BCUT2D eigenvalue weighted by molar-refractivity contribution is -0.0458. The lowest BCUT2D eigenvalue weighted by Gasteiger charge is -2.25. The van der Waals surface area contributed by atoms with Crippen LogP contribution in [0.5, 0.6) is 0 Å². The van der Waals surface area contributed by atoms with Crippen LogP contribution in [0.3, 0.4) is 0 Å². The van der Waals surface area contributed by atoms with Crippen LogP contribution in [0, 0.1) is 11.8 Å². The Balaban J connectivity index is 1.94. The van der Waals surface area contributed by atoms with Crippen LogP contribution in [0.4, 0.5) is 0 Å². The molecular formula is C16H31O8P. The van der Waals surface area contributed by atoms with Crippen molar-refractivity contribution < 1.29 is 37.5 Å². The van der Waals surface area contributed by atoms with Gasteiger partial charge in [0.1, 0.15) is 18.3 Å². The molecule has 0 aromatic heterocycles. The fourth-order valence-corrected chi connectivity index (χ4v) is 4.51. The molecular weight excluding hydrogens is 351 g/mol. The Labute approximate surface area is 149 Å². The first kappa shape index (κ1) is 21.3. The summed E-state index contributed by atoms with van der Waals surface area (Å²) < 4.78 is 45.1. The van der Waals surface area contributed by atoms with Crippen LogP contribution < -0.4 is 0 Å². The van der Waals surface area contributed by atoms with Gasteiger partial charge in [-0.05, 0) is 13.8 Å². The molecule has 0 amide bonds. The first-order valence-electron chi connectivity index (χ1n) is 8.68. The number of ether oxygens (including phenoxy) is 4. The highest BCUT2D eigenvalue weighted by Gasteiger charge is 2.46. The van der Waals surface area contributed by atoms with E-state index in [0.717, 1.165) is 0 Å². The molecule has 0 bridgehead atoms. The lowest BCUT2D eigenvalue weighted by atomic mass is 9.99. The summed E-state index contributed by atoms with van der Waals surface area (Å²) in [6.07, 6.45) is -1.69. The molecule has 148 valence electrons. The van der Waals surface area contributed by atoms with Gasteiger partial charge in [0.05, 0.1) is 31.5 Å². The molecule has 2 fully saturated rings. The van der Waals surface area contributed by atoms with E-state index in [1.165, 1.54) is 0 Å². The van der Waals surface area contributed by atoms with Crippen molar-refractivity contribution >= 4 is 7.82 Å². The minimum Gasteiger partial charge on any atom is -0.382 e. The molecule has 1 N–H and O–H groups in total. The van der Waals surface area contributed by atoms with Gasteiger partial charge in [0.15, 0.2) is 0 Å². The van der Waals surface area contributed by atoms with Crippen LogP contribution >= 0.6 is 7.82 Å². The number of phosphoric acid groups is 1. The van der Waals surface area contributed by atoms with E-state index in [-0.39, 0.29) is 43.4 Å². The molecule has 3 unspecified atom stereocenters. The average Bonchev–Trinajstić information content (AvgIpc) is 2.97. The number of hydrogen-bond acceptors (Lipinski definition) is 7. The summed E-state index contributed by atoms with van der Waals surface area (Å²) in [5.74, 6) is 0.117. The molecule has 2 aliphatic rings. The van der Waals surface area contributed by atoms with Crippen molar-refractivity contribution in [2.24, 2.45) is 11.8 Å². The van der Waals surface area contributed by atoms with Crippen molar-refractivity contribution in [3.8, 4) is 0 Å². The summed E-state index contributed by atoms with van der Waals surface area (Å²) in [6.45, 7) is 7.98. The molecule has 0 aliphatic carbocycles. The highest BCUT2D eigenvalue weighted by atomic mass is 31.2. The average molecular weight is 382 g/mol. The number of phosphoric ester groups is 1. The smallest absolute Gasteiger partial charge is 0.382 e. The van der Waals surface area contributed by atoms with Gasteiger partial charge >= 0.3 is 7.82 Å². The Bertz CT molecular complexity index is 475. The van der Waals surface area contributed by atoms with Crippen molar-refractivity contribution in [3.63, 3.8) is 0 Å². The van der Waals surface area contributed by atoms with Gasteiger partial charge < -0.3 is 23.8 Å². The maximum Gasteiger partial charge on any atom is 0.472 e. The second-order valence-corrected chi connectivity index (χ2v) is 8.37. The van der Waals surface area contributed by atoms with Crippen molar-refractivity contribution in [2.75, 3.05) is 27.4 Å². The van der Waals surface area contributed by atoms with Crippen LogP contribution in [-0.2, 0) is 32.6 Å². The van der Waals surface area contributed by atoms with E-state index >= 15 is 0 Å². The summed E-state index contributed by atoms with van der Waals surface area (Å²) in [6, 6.07) is 0. The zero-order chi connectivity index (χ0) is 18.8. The summed E-state index contributed by atoms with van der Waals surface area (Å²) in [5.41, 5.74) is 0. The third kappa shape index (κ3) is 5.02. The third-order valence-corrected chi connectivity index (χ3v) is 6.27. The molecule has 0 saturated carbocycles. The highest BCUT2D eigenvalue weighted by molar-refractivity contribution is 7.47. The van der Waals surface area contributed by atoms with Gasteiger partial charge in [0, 0.05) is 26.1 Å². The summed E-state index contributed by atoms with van der Waals surface area (Å²) in [4.78, 5) is 10.1. The lowest BCUT2D eigenvalue weighted by Crippen LogP contribution is -2.33. The largest absolute Gasteiger partial charge is 0.472 e. The second kappa shape index (κ2) is 8.76. The van der Waals surface area contributed by atoms with Gasteiger partial charge in [-0.1, -0.05) is 13.8 Å². The van der Waals surface area contributed by atoms with Crippen LogP contribution in [0.25, 0.3) is 0 Å². The zero-order valence-electron chi connectivity index (χ0n) is 15.8. The SMILES string of the molecule is COC[C@H]1O[C@@H](C)[C@@H](C)C1OP(=O)(O)OC[C@H]1O[C@@H](C)[C@@H](C)C1OC. The summed E-state index contributed by atoms with van der Waals surface area (Å²) in [5, 5.41) is 0. The van der Waals surface area contributed by atoms with E-state index in [9.17, 15) is 9.46 Å². The Morgan fingerprint density at radius 1 is 0.920 bits per heavy atom. The van der Waals surface area contributed by atoms with Crippen LogP contribution in [-0.4, -0.2) is 69.0 Å².